The fourth-order valence-corrected chi connectivity index (χ4v) is 4.90. The summed E-state index contributed by atoms with van der Waals surface area (Å²) in [6.07, 6.45) is 8.01. The Morgan fingerprint density at radius 1 is 1.07 bits per heavy atom. The van der Waals surface area contributed by atoms with Gasteiger partial charge in [-0.15, -0.1) is 0 Å². The molecule has 5 rings (SSSR count). The van der Waals surface area contributed by atoms with Crippen molar-refractivity contribution in [3.05, 3.63) is 85.5 Å². The smallest absolute Gasteiger partial charge is 0.250 e. The lowest BCUT2D eigenvalue weighted by Gasteiger charge is -2.32. The Hall–Kier alpha value is -5.79. The van der Waals surface area contributed by atoms with Gasteiger partial charge in [0.2, 0.25) is 17.7 Å². The van der Waals surface area contributed by atoms with Gasteiger partial charge in [0.15, 0.2) is 5.82 Å². The maximum atomic E-state index is 15.3. The van der Waals surface area contributed by atoms with Crippen LogP contribution in [0, 0.1) is 11.6 Å². The highest BCUT2D eigenvalue weighted by Gasteiger charge is 2.23. The third kappa shape index (κ3) is 7.29. The van der Waals surface area contributed by atoms with Crippen molar-refractivity contribution in [2.75, 3.05) is 37.9 Å². The van der Waals surface area contributed by atoms with Gasteiger partial charge in [0.05, 0.1) is 43.0 Å². The summed E-state index contributed by atoms with van der Waals surface area (Å²) in [7, 11) is 2.87. The summed E-state index contributed by atoms with van der Waals surface area (Å²) in [5, 5.41) is 7.19. The third-order valence-corrected chi connectivity index (χ3v) is 7.18. The van der Waals surface area contributed by atoms with E-state index in [1.807, 2.05) is 6.07 Å². The van der Waals surface area contributed by atoms with Crippen molar-refractivity contribution in [3.8, 4) is 17.4 Å². The number of pyridine rings is 1. The standard InChI is InChI=1S/C32H32F2N8O4/c1-4-30(43)42-11-8-19(9-12-42)39-27-15-22-26(16-28(27)44-2)37-18-38-31(22)41-25-6-5-21(14-23(25)33)46-29(7-10-35)40-20-13-24(34)32(45-3)36-17-20/h4-7,10,13-19,39H,1,8-9,11-12,35H2,2-3H3,(H,37,38,41)/b10-7-,40-29?. The molecule has 0 bridgehead atoms. The molecule has 12 nitrogen and oxygen atoms in total. The summed E-state index contributed by atoms with van der Waals surface area (Å²) in [4.78, 5) is 30.5. The first-order valence-electron chi connectivity index (χ1n) is 14.2. The van der Waals surface area contributed by atoms with Crippen LogP contribution in [0.1, 0.15) is 12.8 Å². The topological polar surface area (TPSA) is 149 Å². The maximum Gasteiger partial charge on any atom is 0.250 e. The van der Waals surface area contributed by atoms with Crippen molar-refractivity contribution >= 4 is 45.6 Å². The van der Waals surface area contributed by atoms with Gasteiger partial charge in [0.1, 0.15) is 29.5 Å². The Labute approximate surface area is 263 Å². The van der Waals surface area contributed by atoms with E-state index in [1.165, 1.54) is 50.1 Å². The Kier molecular flexibility index (Phi) is 9.85. The molecule has 0 aliphatic carbocycles. The lowest BCUT2D eigenvalue weighted by atomic mass is 10.0. The number of nitrogens with zero attached hydrogens (tertiary/aromatic N) is 5. The van der Waals surface area contributed by atoms with Gasteiger partial charge in [0.25, 0.3) is 0 Å². The van der Waals surface area contributed by atoms with Crippen molar-refractivity contribution in [1.82, 2.24) is 19.9 Å². The molecule has 3 heterocycles. The predicted molar refractivity (Wildman–Crippen MR) is 171 cm³/mol. The van der Waals surface area contributed by atoms with E-state index in [1.54, 1.807) is 18.1 Å². The number of piperidine rings is 1. The Bertz CT molecular complexity index is 1810. The van der Waals surface area contributed by atoms with Crippen LogP contribution in [0.25, 0.3) is 10.9 Å². The zero-order valence-corrected chi connectivity index (χ0v) is 25.2. The Morgan fingerprint density at radius 2 is 1.87 bits per heavy atom. The summed E-state index contributed by atoms with van der Waals surface area (Å²) >= 11 is 0. The molecular weight excluding hydrogens is 598 g/mol. The molecule has 2 aromatic heterocycles. The molecule has 0 unspecified atom stereocenters. The molecule has 1 aliphatic rings. The van der Waals surface area contributed by atoms with Crippen LogP contribution in [0.4, 0.5) is 31.7 Å². The number of carbonyl (C=O) groups is 1. The zero-order chi connectivity index (χ0) is 32.6. The number of aromatic nitrogens is 3. The highest BCUT2D eigenvalue weighted by atomic mass is 19.1. The second-order valence-corrected chi connectivity index (χ2v) is 10.1. The summed E-state index contributed by atoms with van der Waals surface area (Å²) in [5.74, 6) is -0.543. The fraction of sp³-hybridized carbons (Fsp3) is 0.219. The van der Waals surface area contributed by atoms with Gasteiger partial charge < -0.3 is 35.5 Å². The van der Waals surface area contributed by atoms with Crippen LogP contribution < -0.4 is 30.6 Å². The largest absolute Gasteiger partial charge is 0.495 e. The number of hydrogen-bond acceptors (Lipinski definition) is 11. The first-order valence-corrected chi connectivity index (χ1v) is 14.2. The van der Waals surface area contributed by atoms with Crippen molar-refractivity contribution in [2.24, 2.45) is 10.7 Å². The van der Waals surface area contributed by atoms with E-state index >= 15 is 4.39 Å². The molecule has 4 N–H and O–H groups in total. The maximum absolute atomic E-state index is 15.3. The van der Waals surface area contributed by atoms with Gasteiger partial charge in [0, 0.05) is 48.8 Å². The van der Waals surface area contributed by atoms with Gasteiger partial charge in [-0.3, -0.25) is 4.79 Å². The number of halogens is 2. The van der Waals surface area contributed by atoms with Crippen LogP contribution >= 0.6 is 0 Å². The van der Waals surface area contributed by atoms with Crippen LogP contribution in [0.15, 0.2) is 78.8 Å². The summed E-state index contributed by atoms with van der Waals surface area (Å²) in [6.45, 7) is 4.79. The first-order chi connectivity index (χ1) is 22.3. The number of aliphatic imine (C=N–C) groups is 1. The predicted octanol–water partition coefficient (Wildman–Crippen LogP) is 5.23. The molecular formula is C32H32F2N8O4. The number of ether oxygens (including phenoxy) is 3. The molecule has 0 saturated carbocycles. The van der Waals surface area contributed by atoms with Crippen LogP contribution in [-0.4, -0.2) is 65.0 Å². The van der Waals surface area contributed by atoms with Crippen LogP contribution in [0.5, 0.6) is 17.4 Å². The SMILES string of the molecule is C=CC(=O)N1CCC(Nc2cc3c(Nc4ccc(OC(/C=C\N)=Nc5cnc(OC)c(F)c5)cc4F)ncnc3cc2OC)CC1. The summed E-state index contributed by atoms with van der Waals surface area (Å²) in [6, 6.07) is 9.03. The van der Waals surface area contributed by atoms with E-state index in [9.17, 15) is 9.18 Å². The number of amides is 1. The minimum atomic E-state index is -0.706. The Balaban J connectivity index is 1.35. The number of fused-ring (bicyclic) bond motifs is 1. The molecule has 238 valence electrons. The van der Waals surface area contributed by atoms with Crippen LogP contribution in [0.2, 0.25) is 0 Å². The van der Waals surface area contributed by atoms with Gasteiger partial charge in [-0.05, 0) is 43.3 Å². The van der Waals surface area contributed by atoms with Gasteiger partial charge >= 0.3 is 0 Å². The molecule has 0 atom stereocenters. The van der Waals surface area contributed by atoms with E-state index in [0.29, 0.717) is 35.6 Å². The number of carbonyl (C=O) groups excluding carboxylic acids is 1. The Morgan fingerprint density at radius 3 is 2.54 bits per heavy atom. The highest BCUT2D eigenvalue weighted by molar-refractivity contribution is 5.95. The van der Waals surface area contributed by atoms with Gasteiger partial charge in [-0.25, -0.2) is 28.7 Å². The summed E-state index contributed by atoms with van der Waals surface area (Å²) < 4.78 is 45.6. The number of hydrogen-bond donors (Lipinski definition) is 3. The van der Waals surface area contributed by atoms with E-state index in [2.05, 4.69) is 37.2 Å². The minimum absolute atomic E-state index is 0.0253. The fourth-order valence-electron chi connectivity index (χ4n) is 4.90. The average molecular weight is 631 g/mol. The van der Waals surface area contributed by atoms with Crippen molar-refractivity contribution in [2.45, 2.75) is 18.9 Å². The molecule has 46 heavy (non-hydrogen) atoms. The van der Waals surface area contributed by atoms with E-state index in [0.717, 1.165) is 30.7 Å². The molecule has 0 spiro atoms. The van der Waals surface area contributed by atoms with E-state index < -0.39 is 11.6 Å². The number of rotatable bonds is 10. The van der Waals surface area contributed by atoms with E-state index in [-0.39, 0.29) is 40.9 Å². The number of methoxy groups -OCH3 is 2. The average Bonchev–Trinajstić information content (AvgIpc) is 3.06. The summed E-state index contributed by atoms with van der Waals surface area (Å²) in [5.41, 5.74) is 7.10. The molecule has 2 aromatic carbocycles. The molecule has 1 aliphatic heterocycles. The first kappa shape index (κ1) is 31.6. The minimum Gasteiger partial charge on any atom is -0.495 e. The lowest BCUT2D eigenvalue weighted by Crippen LogP contribution is -2.41. The normalized spacial score (nSPS) is 13.9. The zero-order valence-electron chi connectivity index (χ0n) is 25.2. The lowest BCUT2D eigenvalue weighted by molar-refractivity contribution is -0.126. The highest BCUT2D eigenvalue weighted by Crippen LogP contribution is 2.35. The second-order valence-electron chi connectivity index (χ2n) is 10.1. The van der Waals surface area contributed by atoms with Crippen LogP contribution in [0.3, 0.4) is 0 Å². The number of benzene rings is 2. The number of likely N-dealkylation sites (tertiary alicyclic amines) is 1. The van der Waals surface area contributed by atoms with Gasteiger partial charge in [-0.1, -0.05) is 6.58 Å². The third-order valence-electron chi connectivity index (χ3n) is 7.18. The molecule has 14 heteroatoms. The molecule has 1 saturated heterocycles. The quantitative estimate of drug-likeness (QED) is 0.121. The van der Waals surface area contributed by atoms with E-state index in [4.69, 9.17) is 19.9 Å². The van der Waals surface area contributed by atoms with Crippen molar-refractivity contribution in [3.63, 3.8) is 0 Å². The number of anilines is 3. The van der Waals surface area contributed by atoms with Crippen molar-refractivity contribution in [1.29, 1.82) is 0 Å². The van der Waals surface area contributed by atoms with Crippen LogP contribution in [-0.2, 0) is 4.79 Å². The van der Waals surface area contributed by atoms with Gasteiger partial charge in [-0.2, -0.15) is 0 Å². The number of nitrogens with one attached hydrogen (secondary N) is 2. The second kappa shape index (κ2) is 14.3. The number of nitrogens with two attached hydrogens (primary N) is 1. The van der Waals surface area contributed by atoms with Crippen molar-refractivity contribution < 1.29 is 27.8 Å². The monoisotopic (exact) mass is 630 g/mol. The molecule has 0 radical (unpaired) electrons. The molecule has 4 aromatic rings. The molecule has 1 fully saturated rings. The molecule has 1 amide bonds.